The topological polar surface area (TPSA) is 53.6 Å². The van der Waals surface area contributed by atoms with Crippen molar-refractivity contribution in [1.29, 1.82) is 0 Å². The second kappa shape index (κ2) is 8.98. The maximum atomic E-state index is 13.0. The number of nitrogens with zero attached hydrogens (tertiary/aromatic N) is 1. The number of hydrogen-bond acceptors (Lipinski definition) is 4. The second-order valence-corrected chi connectivity index (χ2v) is 7.68. The normalized spacial score (nSPS) is 23.9. The summed E-state index contributed by atoms with van der Waals surface area (Å²) in [6, 6.07) is 5.56. The molecule has 3 aliphatic heterocycles. The minimum Gasteiger partial charge on any atom is -0.491 e. The Kier molecular flexibility index (Phi) is 7.45. The van der Waals surface area contributed by atoms with E-state index in [0.717, 1.165) is 50.2 Å². The van der Waals surface area contributed by atoms with Crippen LogP contribution in [-0.4, -0.2) is 49.6 Å². The highest BCUT2D eigenvalue weighted by Gasteiger charge is 2.43. The summed E-state index contributed by atoms with van der Waals surface area (Å²) in [4.78, 5) is 14.9. The summed E-state index contributed by atoms with van der Waals surface area (Å²) >= 11 is 6.10. The molecule has 1 aromatic carbocycles. The molecule has 0 bridgehead atoms. The maximum Gasteiger partial charge on any atom is 0.240 e. The Morgan fingerprint density at radius 1 is 1.27 bits per heavy atom. The molecule has 2 fully saturated rings. The van der Waals surface area contributed by atoms with Crippen LogP contribution < -0.4 is 15.4 Å². The Balaban J connectivity index is 0.00000121. The Labute approximate surface area is 172 Å². The number of fused-ring (bicyclic) bond motifs is 1. The van der Waals surface area contributed by atoms with E-state index in [1.165, 1.54) is 0 Å². The molecule has 0 aliphatic carbocycles. The van der Waals surface area contributed by atoms with Gasteiger partial charge in [0.2, 0.25) is 5.91 Å². The first-order valence-electron chi connectivity index (χ1n) is 8.79. The summed E-state index contributed by atoms with van der Waals surface area (Å²) in [7, 11) is 0. The van der Waals surface area contributed by atoms with Gasteiger partial charge in [0.25, 0.3) is 0 Å². The quantitative estimate of drug-likeness (QED) is 0.730. The summed E-state index contributed by atoms with van der Waals surface area (Å²) in [5.74, 6) is 1.03. The van der Waals surface area contributed by atoms with Gasteiger partial charge in [-0.1, -0.05) is 11.6 Å². The molecule has 1 aromatic rings. The van der Waals surface area contributed by atoms with Crippen LogP contribution >= 0.6 is 36.4 Å². The van der Waals surface area contributed by atoms with E-state index in [4.69, 9.17) is 16.3 Å². The highest BCUT2D eigenvalue weighted by atomic mass is 35.5. The molecule has 8 heteroatoms. The van der Waals surface area contributed by atoms with Crippen molar-refractivity contribution in [2.24, 2.45) is 5.41 Å². The highest BCUT2D eigenvalue weighted by molar-refractivity contribution is 6.30. The number of ether oxygens (including phenoxy) is 1. The van der Waals surface area contributed by atoms with Gasteiger partial charge >= 0.3 is 0 Å². The monoisotopic (exact) mass is 421 g/mol. The maximum absolute atomic E-state index is 13.0. The summed E-state index contributed by atoms with van der Waals surface area (Å²) in [5, 5.41) is 7.58. The largest absolute Gasteiger partial charge is 0.491 e. The van der Waals surface area contributed by atoms with Gasteiger partial charge in [0, 0.05) is 23.7 Å². The number of nitrogens with one attached hydrogen (secondary N) is 2. The first-order valence-corrected chi connectivity index (χ1v) is 9.17. The molecule has 0 aromatic heterocycles. The van der Waals surface area contributed by atoms with Crippen molar-refractivity contribution in [1.82, 2.24) is 15.5 Å². The van der Waals surface area contributed by atoms with E-state index >= 15 is 0 Å². The Bertz CT molecular complexity index is 638. The standard InChI is InChI=1S/C18H24ClN3O2.2ClH/c19-14-1-2-16-13(9-14)11-22(7-8-24-16)17(23)15-10-18(12-21-15)3-5-20-6-4-18;;/h1-2,9,15,20-21H,3-8,10-12H2;2*1H. The van der Waals surface area contributed by atoms with Crippen molar-refractivity contribution in [3.63, 3.8) is 0 Å². The van der Waals surface area contributed by atoms with Crippen LogP contribution in [-0.2, 0) is 11.3 Å². The van der Waals surface area contributed by atoms with Gasteiger partial charge in [0.05, 0.1) is 12.6 Å². The number of rotatable bonds is 1. The van der Waals surface area contributed by atoms with Crippen molar-refractivity contribution >= 4 is 42.3 Å². The first kappa shape index (κ1) is 21.6. The molecular weight excluding hydrogens is 397 g/mol. The predicted molar refractivity (Wildman–Crippen MR) is 108 cm³/mol. The van der Waals surface area contributed by atoms with Gasteiger partial charge < -0.3 is 20.3 Å². The number of amides is 1. The number of hydrogen-bond donors (Lipinski definition) is 2. The summed E-state index contributed by atoms with van der Waals surface area (Å²) in [5.41, 5.74) is 1.29. The summed E-state index contributed by atoms with van der Waals surface area (Å²) in [6.45, 7) is 4.80. The third kappa shape index (κ3) is 4.39. The van der Waals surface area contributed by atoms with Crippen LogP contribution in [0.2, 0.25) is 5.02 Å². The van der Waals surface area contributed by atoms with E-state index in [-0.39, 0.29) is 36.8 Å². The highest BCUT2D eigenvalue weighted by Crippen LogP contribution is 2.38. The number of carbonyl (C=O) groups excluding carboxylic acids is 1. The SMILES string of the molecule is Cl.Cl.O=C(C1CC2(CCNCC2)CN1)N1CCOc2ccc(Cl)cc2C1. The third-order valence-electron chi connectivity index (χ3n) is 5.64. The minimum atomic E-state index is -0.0659. The van der Waals surface area contributed by atoms with E-state index in [1.807, 2.05) is 23.1 Å². The fourth-order valence-corrected chi connectivity index (χ4v) is 4.40. The average Bonchev–Trinajstić information content (AvgIpc) is 2.87. The lowest BCUT2D eigenvalue weighted by atomic mass is 9.77. The van der Waals surface area contributed by atoms with E-state index < -0.39 is 0 Å². The van der Waals surface area contributed by atoms with Crippen molar-refractivity contribution in [3.8, 4) is 5.75 Å². The van der Waals surface area contributed by atoms with E-state index in [9.17, 15) is 4.79 Å². The second-order valence-electron chi connectivity index (χ2n) is 7.25. The van der Waals surface area contributed by atoms with Crippen LogP contribution in [0.4, 0.5) is 0 Å². The summed E-state index contributed by atoms with van der Waals surface area (Å²) < 4.78 is 5.78. The zero-order chi connectivity index (χ0) is 16.6. The zero-order valence-corrected chi connectivity index (χ0v) is 17.0. The average molecular weight is 423 g/mol. The predicted octanol–water partition coefficient (Wildman–Crippen LogP) is 2.64. The number of carbonyl (C=O) groups is 1. The Hall–Kier alpha value is -0.720. The van der Waals surface area contributed by atoms with Gasteiger partial charge in [0.1, 0.15) is 12.4 Å². The molecule has 0 saturated carbocycles. The molecule has 2 N–H and O–H groups in total. The lowest BCUT2D eigenvalue weighted by Gasteiger charge is -2.33. The number of piperidine rings is 1. The lowest BCUT2D eigenvalue weighted by molar-refractivity contribution is -0.134. The van der Waals surface area contributed by atoms with Crippen molar-refractivity contribution in [3.05, 3.63) is 28.8 Å². The van der Waals surface area contributed by atoms with Gasteiger partial charge in [-0.05, 0) is 56.0 Å². The molecule has 26 heavy (non-hydrogen) atoms. The van der Waals surface area contributed by atoms with E-state index in [0.29, 0.717) is 30.1 Å². The number of halogens is 3. The molecule has 1 atom stereocenters. The Morgan fingerprint density at radius 2 is 2.04 bits per heavy atom. The molecule has 1 amide bonds. The fourth-order valence-electron chi connectivity index (χ4n) is 4.20. The molecule has 0 radical (unpaired) electrons. The van der Waals surface area contributed by atoms with Crippen LogP contribution in [0.25, 0.3) is 0 Å². The van der Waals surface area contributed by atoms with E-state index in [1.54, 1.807) is 0 Å². The molecule has 146 valence electrons. The third-order valence-corrected chi connectivity index (χ3v) is 5.87. The fraction of sp³-hybridized carbons (Fsp3) is 0.611. The van der Waals surface area contributed by atoms with Gasteiger partial charge in [-0.15, -0.1) is 24.8 Å². The minimum absolute atomic E-state index is 0. The van der Waals surface area contributed by atoms with Crippen molar-refractivity contribution < 1.29 is 9.53 Å². The molecule has 3 heterocycles. The molecule has 1 spiro atoms. The molecular formula is C18H26Cl3N3O2. The van der Waals surface area contributed by atoms with Crippen LogP contribution in [0.15, 0.2) is 18.2 Å². The zero-order valence-electron chi connectivity index (χ0n) is 14.6. The van der Waals surface area contributed by atoms with Crippen molar-refractivity contribution in [2.45, 2.75) is 31.8 Å². The van der Waals surface area contributed by atoms with Crippen molar-refractivity contribution in [2.75, 3.05) is 32.8 Å². The Morgan fingerprint density at radius 3 is 2.81 bits per heavy atom. The molecule has 3 aliphatic rings. The van der Waals surface area contributed by atoms with Gasteiger partial charge in [-0.3, -0.25) is 4.79 Å². The molecule has 5 nitrogen and oxygen atoms in total. The van der Waals surface area contributed by atoms with Crippen LogP contribution in [0.3, 0.4) is 0 Å². The smallest absolute Gasteiger partial charge is 0.240 e. The summed E-state index contributed by atoms with van der Waals surface area (Å²) in [6.07, 6.45) is 3.27. The number of benzene rings is 1. The van der Waals surface area contributed by atoms with Gasteiger partial charge in [-0.2, -0.15) is 0 Å². The van der Waals surface area contributed by atoms with Crippen LogP contribution in [0.5, 0.6) is 5.75 Å². The van der Waals surface area contributed by atoms with Crippen LogP contribution in [0.1, 0.15) is 24.8 Å². The molecule has 2 saturated heterocycles. The molecule has 4 rings (SSSR count). The lowest BCUT2D eigenvalue weighted by Crippen LogP contribution is -2.44. The van der Waals surface area contributed by atoms with Gasteiger partial charge in [-0.25, -0.2) is 0 Å². The van der Waals surface area contributed by atoms with Crippen LogP contribution in [0, 0.1) is 5.41 Å². The first-order chi connectivity index (χ1) is 11.7. The van der Waals surface area contributed by atoms with E-state index in [2.05, 4.69) is 10.6 Å². The van der Waals surface area contributed by atoms with Gasteiger partial charge in [0.15, 0.2) is 0 Å². The molecule has 1 unspecified atom stereocenters.